The fourth-order valence-corrected chi connectivity index (χ4v) is 1.33. The maximum absolute atomic E-state index is 9.77. The average molecular weight is 307 g/mol. The van der Waals surface area contributed by atoms with Crippen molar-refractivity contribution in [1.82, 2.24) is 9.97 Å². The summed E-state index contributed by atoms with van der Waals surface area (Å²) in [5.74, 6) is 0.773. The van der Waals surface area contributed by atoms with Gasteiger partial charge in [-0.25, -0.2) is 9.97 Å². The molecular formula is C9H14IN3O. The first-order valence-electron chi connectivity index (χ1n) is 4.47. The van der Waals surface area contributed by atoms with Crippen LogP contribution in [0.2, 0.25) is 0 Å². The molecule has 0 aliphatic heterocycles. The lowest BCUT2D eigenvalue weighted by Gasteiger charge is -2.22. The van der Waals surface area contributed by atoms with E-state index in [0.717, 1.165) is 9.39 Å². The smallest absolute Gasteiger partial charge is 0.142 e. The Hall–Kier alpha value is -0.430. The second kappa shape index (κ2) is 4.88. The Morgan fingerprint density at radius 1 is 1.64 bits per heavy atom. The van der Waals surface area contributed by atoms with Crippen LogP contribution in [0.5, 0.6) is 0 Å². The topological polar surface area (TPSA) is 58.0 Å². The van der Waals surface area contributed by atoms with Gasteiger partial charge in [0, 0.05) is 12.7 Å². The lowest BCUT2D eigenvalue weighted by atomic mass is 10.0. The van der Waals surface area contributed by atoms with E-state index in [0.29, 0.717) is 13.0 Å². The number of nitrogens with one attached hydrogen (secondary N) is 1. The van der Waals surface area contributed by atoms with Crippen LogP contribution in [0.4, 0.5) is 5.82 Å². The van der Waals surface area contributed by atoms with Crippen LogP contribution in [-0.4, -0.2) is 27.2 Å². The van der Waals surface area contributed by atoms with E-state index in [4.69, 9.17) is 0 Å². The van der Waals surface area contributed by atoms with Crippen LogP contribution in [0.1, 0.15) is 20.3 Å². The van der Waals surface area contributed by atoms with E-state index in [-0.39, 0.29) is 0 Å². The van der Waals surface area contributed by atoms with Crippen molar-refractivity contribution in [3.05, 3.63) is 16.1 Å². The number of nitrogens with zero attached hydrogens (tertiary/aromatic N) is 2. The lowest BCUT2D eigenvalue weighted by molar-refractivity contribution is 0.0696. The highest BCUT2D eigenvalue weighted by atomic mass is 127. The maximum Gasteiger partial charge on any atom is 0.142 e. The maximum atomic E-state index is 9.77. The molecule has 0 saturated heterocycles. The van der Waals surface area contributed by atoms with Crippen LogP contribution in [0.15, 0.2) is 12.5 Å². The molecule has 0 amide bonds. The van der Waals surface area contributed by atoms with Crippen LogP contribution in [-0.2, 0) is 0 Å². The van der Waals surface area contributed by atoms with Crippen LogP contribution >= 0.6 is 22.6 Å². The van der Waals surface area contributed by atoms with Gasteiger partial charge >= 0.3 is 0 Å². The van der Waals surface area contributed by atoms with Crippen molar-refractivity contribution >= 4 is 28.4 Å². The van der Waals surface area contributed by atoms with Crippen LogP contribution < -0.4 is 5.32 Å². The van der Waals surface area contributed by atoms with Crippen molar-refractivity contribution in [3.8, 4) is 0 Å². The third kappa shape index (κ3) is 3.38. The summed E-state index contributed by atoms with van der Waals surface area (Å²) >= 11 is 2.15. The van der Waals surface area contributed by atoms with E-state index in [2.05, 4.69) is 37.9 Å². The number of rotatable bonds is 4. The summed E-state index contributed by atoms with van der Waals surface area (Å²) in [4.78, 5) is 7.96. The van der Waals surface area contributed by atoms with Gasteiger partial charge in [0.15, 0.2) is 0 Å². The second-order valence-electron chi connectivity index (χ2n) is 3.42. The number of aliphatic hydroxyl groups is 1. The molecule has 1 aromatic rings. The molecule has 1 aromatic heterocycles. The molecule has 0 spiro atoms. The Labute approximate surface area is 97.3 Å². The van der Waals surface area contributed by atoms with Gasteiger partial charge in [-0.05, 0) is 35.9 Å². The van der Waals surface area contributed by atoms with Gasteiger partial charge in [0.05, 0.1) is 9.17 Å². The molecule has 0 radical (unpaired) electrons. The zero-order valence-electron chi connectivity index (χ0n) is 8.29. The predicted octanol–water partition coefficient (Wildman–Crippen LogP) is 1.65. The number of hydrogen-bond acceptors (Lipinski definition) is 4. The summed E-state index contributed by atoms with van der Waals surface area (Å²) in [6.07, 6.45) is 3.93. The van der Waals surface area contributed by atoms with Gasteiger partial charge < -0.3 is 10.4 Å². The molecule has 0 aliphatic rings. The van der Waals surface area contributed by atoms with Crippen LogP contribution in [0.25, 0.3) is 0 Å². The first-order valence-corrected chi connectivity index (χ1v) is 5.55. The highest BCUT2D eigenvalue weighted by molar-refractivity contribution is 14.1. The summed E-state index contributed by atoms with van der Waals surface area (Å²) in [6.45, 7) is 4.25. The minimum atomic E-state index is -0.686. The van der Waals surface area contributed by atoms with Crippen LogP contribution in [0, 0.1) is 3.57 Å². The summed E-state index contributed by atoms with van der Waals surface area (Å²) in [5.41, 5.74) is -0.686. The molecule has 0 bridgehead atoms. The first-order chi connectivity index (χ1) is 6.55. The zero-order chi connectivity index (χ0) is 10.6. The van der Waals surface area contributed by atoms with Gasteiger partial charge in [-0.15, -0.1) is 0 Å². The lowest BCUT2D eigenvalue weighted by Crippen LogP contribution is -2.32. The third-order valence-corrected chi connectivity index (χ3v) is 2.86. The molecule has 5 heteroatoms. The van der Waals surface area contributed by atoms with Gasteiger partial charge in [-0.3, -0.25) is 0 Å². The molecule has 1 atom stereocenters. The van der Waals surface area contributed by atoms with Crippen LogP contribution in [0.3, 0.4) is 0 Å². The Kier molecular flexibility index (Phi) is 4.06. The summed E-state index contributed by atoms with van der Waals surface area (Å²) in [7, 11) is 0. The molecule has 2 N–H and O–H groups in total. The van der Waals surface area contributed by atoms with Crippen molar-refractivity contribution in [2.24, 2.45) is 0 Å². The molecule has 1 rings (SSSR count). The standard InChI is InChI=1S/C9H14IN3O/c1-3-9(2,14)5-12-8-7(10)4-11-6-13-8/h4,6,14H,3,5H2,1-2H3,(H,11,12,13). The van der Waals surface area contributed by atoms with E-state index in [9.17, 15) is 5.11 Å². The van der Waals surface area contributed by atoms with Gasteiger partial charge in [-0.1, -0.05) is 6.92 Å². The number of anilines is 1. The number of hydrogen-bond donors (Lipinski definition) is 2. The van der Waals surface area contributed by atoms with Crippen molar-refractivity contribution < 1.29 is 5.11 Å². The molecule has 14 heavy (non-hydrogen) atoms. The quantitative estimate of drug-likeness (QED) is 0.831. The predicted molar refractivity (Wildman–Crippen MR) is 64.2 cm³/mol. The molecule has 0 saturated carbocycles. The van der Waals surface area contributed by atoms with E-state index >= 15 is 0 Å². The highest BCUT2D eigenvalue weighted by Gasteiger charge is 2.17. The van der Waals surface area contributed by atoms with E-state index in [1.807, 2.05) is 6.92 Å². The van der Waals surface area contributed by atoms with E-state index < -0.39 is 5.60 Å². The Balaban J connectivity index is 2.58. The molecule has 4 nitrogen and oxygen atoms in total. The molecule has 0 aromatic carbocycles. The second-order valence-corrected chi connectivity index (χ2v) is 4.59. The van der Waals surface area contributed by atoms with Crippen molar-refractivity contribution in [1.29, 1.82) is 0 Å². The molecule has 1 heterocycles. The number of aromatic nitrogens is 2. The van der Waals surface area contributed by atoms with E-state index in [1.54, 1.807) is 13.1 Å². The van der Waals surface area contributed by atoms with Crippen molar-refractivity contribution in [3.63, 3.8) is 0 Å². The molecule has 78 valence electrons. The van der Waals surface area contributed by atoms with Gasteiger partial charge in [-0.2, -0.15) is 0 Å². The molecule has 1 unspecified atom stereocenters. The van der Waals surface area contributed by atoms with Gasteiger partial charge in [0.2, 0.25) is 0 Å². The van der Waals surface area contributed by atoms with Gasteiger partial charge in [0.1, 0.15) is 12.1 Å². The Bertz CT molecular complexity index is 304. The summed E-state index contributed by atoms with van der Waals surface area (Å²) in [6, 6.07) is 0. The minimum Gasteiger partial charge on any atom is -0.388 e. The minimum absolute atomic E-state index is 0.497. The zero-order valence-corrected chi connectivity index (χ0v) is 10.4. The van der Waals surface area contributed by atoms with Crippen molar-refractivity contribution in [2.45, 2.75) is 25.9 Å². The fourth-order valence-electron chi connectivity index (χ4n) is 0.842. The van der Waals surface area contributed by atoms with Gasteiger partial charge in [0.25, 0.3) is 0 Å². The Morgan fingerprint density at radius 3 is 2.93 bits per heavy atom. The molecular weight excluding hydrogens is 293 g/mol. The fraction of sp³-hybridized carbons (Fsp3) is 0.556. The average Bonchev–Trinajstić information content (AvgIpc) is 2.17. The SMILES string of the molecule is CCC(C)(O)CNc1ncncc1I. The normalized spacial score (nSPS) is 14.9. The summed E-state index contributed by atoms with van der Waals surface area (Å²) < 4.78 is 0.956. The largest absolute Gasteiger partial charge is 0.388 e. The van der Waals surface area contributed by atoms with E-state index in [1.165, 1.54) is 6.33 Å². The Morgan fingerprint density at radius 2 is 2.36 bits per heavy atom. The van der Waals surface area contributed by atoms with Crippen molar-refractivity contribution in [2.75, 3.05) is 11.9 Å². The summed E-state index contributed by atoms with van der Waals surface area (Å²) in [5, 5.41) is 12.9. The molecule has 0 aliphatic carbocycles. The highest BCUT2D eigenvalue weighted by Crippen LogP contribution is 2.15. The molecule has 0 fully saturated rings. The number of halogens is 1. The monoisotopic (exact) mass is 307 g/mol. The third-order valence-electron chi connectivity index (χ3n) is 2.07. The first kappa shape index (κ1) is 11.6.